The van der Waals surface area contributed by atoms with E-state index in [9.17, 15) is 0 Å². The van der Waals surface area contributed by atoms with Gasteiger partial charge in [-0.3, -0.25) is 5.32 Å². The zero-order valence-electron chi connectivity index (χ0n) is 11.8. The lowest BCUT2D eigenvalue weighted by Crippen LogP contribution is -2.44. The Morgan fingerprint density at radius 1 is 1.18 bits per heavy atom. The van der Waals surface area contributed by atoms with E-state index in [4.69, 9.17) is 39.5 Å². The molecular formula is C17H15Cl3NO. The van der Waals surface area contributed by atoms with E-state index in [1.807, 2.05) is 18.2 Å². The molecule has 1 heterocycles. The van der Waals surface area contributed by atoms with E-state index in [1.54, 1.807) is 12.1 Å². The molecule has 5 heteroatoms. The third kappa shape index (κ3) is 3.52. The largest absolute Gasteiger partial charge is 0.475 e. The van der Waals surface area contributed by atoms with Crippen LogP contribution in [0.25, 0.3) is 0 Å². The molecule has 1 fully saturated rings. The summed E-state index contributed by atoms with van der Waals surface area (Å²) in [6.07, 6.45) is 2.05. The topological polar surface area (TPSA) is 21.3 Å². The molecule has 0 bridgehead atoms. The number of piperidine rings is 1. The number of nitrogens with one attached hydrogen (secondary N) is 1. The molecule has 2 nitrogen and oxygen atoms in total. The third-order valence-corrected chi connectivity index (χ3v) is 4.98. The van der Waals surface area contributed by atoms with Crippen LogP contribution in [0.5, 0.6) is 5.75 Å². The number of hydrogen-bond acceptors (Lipinski definition) is 2. The van der Waals surface area contributed by atoms with E-state index in [2.05, 4.69) is 17.4 Å². The number of halogens is 3. The molecule has 0 aromatic heterocycles. The summed E-state index contributed by atoms with van der Waals surface area (Å²) in [5, 5.41) is 4.55. The van der Waals surface area contributed by atoms with Gasteiger partial charge in [-0.2, -0.15) is 0 Å². The van der Waals surface area contributed by atoms with Crippen LogP contribution < -0.4 is 10.1 Å². The van der Waals surface area contributed by atoms with Gasteiger partial charge in [-0.05, 0) is 31.0 Å². The van der Waals surface area contributed by atoms with Crippen LogP contribution >= 0.6 is 34.8 Å². The fraction of sp³-hybridized carbons (Fsp3) is 0.294. The maximum absolute atomic E-state index is 6.09. The van der Waals surface area contributed by atoms with Crippen LogP contribution in [0.3, 0.4) is 0 Å². The molecule has 3 rings (SSSR count). The monoisotopic (exact) mass is 354 g/mol. The zero-order valence-corrected chi connectivity index (χ0v) is 14.1. The van der Waals surface area contributed by atoms with Crippen molar-refractivity contribution in [1.82, 2.24) is 5.32 Å². The molecular weight excluding hydrogens is 341 g/mol. The molecule has 1 aliphatic rings. The summed E-state index contributed by atoms with van der Waals surface area (Å²) in [5.41, 5.74) is 1.21. The SMILES string of the molecule is Clc1cc(OC2NCCCC2c2c[c]ccc2)cc(Cl)c1Cl. The van der Waals surface area contributed by atoms with Crippen molar-refractivity contribution in [3.8, 4) is 5.75 Å². The minimum absolute atomic E-state index is 0.127. The number of benzene rings is 2. The van der Waals surface area contributed by atoms with Gasteiger partial charge < -0.3 is 4.74 Å². The minimum Gasteiger partial charge on any atom is -0.475 e. The molecule has 0 spiro atoms. The molecule has 115 valence electrons. The number of rotatable bonds is 3. The van der Waals surface area contributed by atoms with Gasteiger partial charge in [0.2, 0.25) is 0 Å². The smallest absolute Gasteiger partial charge is 0.157 e. The highest BCUT2D eigenvalue weighted by Crippen LogP contribution is 2.36. The molecule has 1 N–H and O–H groups in total. The third-order valence-electron chi connectivity index (χ3n) is 3.78. The Labute approximate surface area is 145 Å². The van der Waals surface area contributed by atoms with Crippen molar-refractivity contribution in [2.45, 2.75) is 25.0 Å². The maximum Gasteiger partial charge on any atom is 0.157 e. The van der Waals surface area contributed by atoms with E-state index in [0.717, 1.165) is 19.4 Å². The van der Waals surface area contributed by atoms with Gasteiger partial charge in [0, 0.05) is 18.1 Å². The molecule has 2 unspecified atom stereocenters. The van der Waals surface area contributed by atoms with Gasteiger partial charge in [0.25, 0.3) is 0 Å². The van der Waals surface area contributed by atoms with Crippen molar-refractivity contribution in [2.24, 2.45) is 0 Å². The van der Waals surface area contributed by atoms with Crippen LogP contribution in [0.2, 0.25) is 15.1 Å². The standard InChI is InChI=1S/C17H15Cl3NO/c18-14-9-12(10-15(19)16(14)20)22-17-13(7-4-8-21-17)11-5-2-1-3-6-11/h1-2,5-6,9-10,13,17,21H,4,7-8H2. The molecule has 22 heavy (non-hydrogen) atoms. The fourth-order valence-corrected chi connectivity index (χ4v) is 3.29. The van der Waals surface area contributed by atoms with Crippen LogP contribution in [-0.2, 0) is 0 Å². The zero-order chi connectivity index (χ0) is 15.5. The summed E-state index contributed by atoms with van der Waals surface area (Å²) in [7, 11) is 0. The van der Waals surface area contributed by atoms with Crippen molar-refractivity contribution in [2.75, 3.05) is 6.54 Å². The molecule has 2 atom stereocenters. The van der Waals surface area contributed by atoms with Crippen molar-refractivity contribution in [3.05, 3.63) is 63.1 Å². The predicted molar refractivity (Wildman–Crippen MR) is 91.1 cm³/mol. The first-order valence-corrected chi connectivity index (χ1v) is 8.29. The quantitative estimate of drug-likeness (QED) is 0.752. The Balaban J connectivity index is 1.83. The summed E-state index contributed by atoms with van der Waals surface area (Å²) >= 11 is 18.1. The van der Waals surface area contributed by atoms with Gasteiger partial charge in [0.1, 0.15) is 5.75 Å². The normalized spacial score (nSPS) is 21.6. The highest BCUT2D eigenvalue weighted by molar-refractivity contribution is 6.48. The second kappa shape index (κ2) is 7.10. The summed E-state index contributed by atoms with van der Waals surface area (Å²) in [4.78, 5) is 0. The molecule has 1 radical (unpaired) electrons. The van der Waals surface area contributed by atoms with Crippen LogP contribution in [0.1, 0.15) is 24.3 Å². The van der Waals surface area contributed by atoms with Gasteiger partial charge in [-0.25, -0.2) is 0 Å². The Morgan fingerprint density at radius 3 is 2.64 bits per heavy atom. The fourth-order valence-electron chi connectivity index (χ4n) is 2.71. The van der Waals surface area contributed by atoms with Gasteiger partial charge in [0.15, 0.2) is 6.23 Å². The van der Waals surface area contributed by atoms with E-state index < -0.39 is 0 Å². The molecule has 1 saturated heterocycles. The second-order valence-corrected chi connectivity index (χ2v) is 6.47. The first-order valence-electron chi connectivity index (χ1n) is 7.16. The molecule has 2 aromatic rings. The van der Waals surface area contributed by atoms with E-state index in [0.29, 0.717) is 20.8 Å². The maximum atomic E-state index is 6.09. The van der Waals surface area contributed by atoms with Gasteiger partial charge in [0.05, 0.1) is 15.1 Å². The van der Waals surface area contributed by atoms with Crippen molar-refractivity contribution in [1.29, 1.82) is 0 Å². The summed E-state index contributed by atoms with van der Waals surface area (Å²) in [6, 6.07) is 14.5. The van der Waals surface area contributed by atoms with Crippen LogP contribution in [0.15, 0.2) is 36.4 Å². The molecule has 1 aliphatic heterocycles. The van der Waals surface area contributed by atoms with Crippen molar-refractivity contribution >= 4 is 34.8 Å². The van der Waals surface area contributed by atoms with Crippen molar-refractivity contribution < 1.29 is 4.74 Å². The van der Waals surface area contributed by atoms with E-state index in [-0.39, 0.29) is 12.1 Å². The summed E-state index contributed by atoms with van der Waals surface area (Å²) in [5.74, 6) is 0.878. The average molecular weight is 356 g/mol. The first-order chi connectivity index (χ1) is 10.6. The van der Waals surface area contributed by atoms with Crippen LogP contribution in [0, 0.1) is 6.07 Å². The summed E-state index contributed by atoms with van der Waals surface area (Å²) in [6.45, 7) is 0.923. The van der Waals surface area contributed by atoms with Crippen LogP contribution in [-0.4, -0.2) is 12.8 Å². The summed E-state index contributed by atoms with van der Waals surface area (Å²) < 4.78 is 6.09. The molecule has 2 aromatic carbocycles. The van der Waals surface area contributed by atoms with Gasteiger partial charge >= 0.3 is 0 Å². The van der Waals surface area contributed by atoms with Gasteiger partial charge in [-0.1, -0.05) is 59.1 Å². The van der Waals surface area contributed by atoms with Crippen molar-refractivity contribution in [3.63, 3.8) is 0 Å². The molecule has 0 aliphatic carbocycles. The number of hydrogen-bond donors (Lipinski definition) is 1. The Kier molecular flexibility index (Phi) is 5.14. The van der Waals surface area contributed by atoms with Gasteiger partial charge in [-0.15, -0.1) is 0 Å². The lowest BCUT2D eigenvalue weighted by Gasteiger charge is -2.33. The predicted octanol–water partition coefficient (Wildman–Crippen LogP) is 5.32. The highest BCUT2D eigenvalue weighted by Gasteiger charge is 2.28. The molecule has 0 saturated carbocycles. The second-order valence-electron chi connectivity index (χ2n) is 5.28. The Bertz CT molecular complexity index is 625. The highest BCUT2D eigenvalue weighted by atomic mass is 35.5. The minimum atomic E-state index is -0.127. The lowest BCUT2D eigenvalue weighted by molar-refractivity contribution is 0.108. The Hall–Kier alpha value is -0.930. The lowest BCUT2D eigenvalue weighted by atomic mass is 9.90. The average Bonchev–Trinajstić information content (AvgIpc) is 2.54. The Morgan fingerprint density at radius 2 is 1.95 bits per heavy atom. The number of ether oxygens (including phenoxy) is 1. The van der Waals surface area contributed by atoms with Crippen LogP contribution in [0.4, 0.5) is 0 Å². The van der Waals surface area contributed by atoms with E-state index in [1.165, 1.54) is 5.56 Å². The molecule has 0 amide bonds. The van der Waals surface area contributed by atoms with E-state index >= 15 is 0 Å². The first kappa shape index (κ1) is 15.9.